The van der Waals surface area contributed by atoms with Crippen LogP contribution in [0.25, 0.3) is 0 Å². The molecule has 0 N–H and O–H groups in total. The van der Waals surface area contributed by atoms with Crippen molar-refractivity contribution in [2.24, 2.45) is 0 Å². The maximum atomic E-state index is 6.52. The summed E-state index contributed by atoms with van der Waals surface area (Å²) >= 11 is 11.7. The predicted molar refractivity (Wildman–Crippen MR) is 77.4 cm³/mol. The van der Waals surface area contributed by atoms with Gasteiger partial charge in [-0.1, -0.05) is 6.07 Å². The molecule has 1 atom stereocenters. The predicted octanol–water partition coefficient (Wildman–Crippen LogP) is 5.16. The lowest BCUT2D eigenvalue weighted by molar-refractivity contribution is 0.414. The molecule has 0 amide bonds. The number of hydrogen-bond acceptors (Lipinski definition) is 2. The Bertz CT molecular complexity index is 524. The molecule has 1 aromatic carbocycles. The first-order valence-electron chi connectivity index (χ1n) is 5.15. The Morgan fingerprint density at radius 2 is 2.12 bits per heavy atom. The maximum absolute atomic E-state index is 6.52. The number of alkyl halides is 1. The van der Waals surface area contributed by atoms with E-state index in [2.05, 4.69) is 22.9 Å². The van der Waals surface area contributed by atoms with Gasteiger partial charge < -0.3 is 4.74 Å². The Morgan fingerprint density at radius 3 is 2.65 bits per heavy atom. The average Bonchev–Trinajstić information content (AvgIpc) is 2.74. The van der Waals surface area contributed by atoms with Crippen LogP contribution in [0.15, 0.2) is 34.1 Å². The van der Waals surface area contributed by atoms with Crippen molar-refractivity contribution in [2.45, 2.75) is 12.3 Å². The van der Waals surface area contributed by atoms with Gasteiger partial charge in [0.05, 0.1) is 12.5 Å². The molecule has 0 bridgehead atoms. The van der Waals surface area contributed by atoms with Crippen LogP contribution in [-0.2, 0) is 0 Å². The molecule has 0 saturated carbocycles. The molecule has 17 heavy (non-hydrogen) atoms. The topological polar surface area (TPSA) is 9.23 Å². The van der Waals surface area contributed by atoms with Crippen molar-refractivity contribution in [1.29, 1.82) is 0 Å². The second-order valence-electron chi connectivity index (χ2n) is 3.72. The Labute approximate surface area is 119 Å². The second-order valence-corrected chi connectivity index (χ2v) is 5.96. The number of aryl methyl sites for hydroxylation is 1. The first kappa shape index (κ1) is 12.9. The first-order valence-corrected chi connectivity index (χ1v) is 7.26. The van der Waals surface area contributed by atoms with Crippen LogP contribution in [0.1, 0.15) is 21.4 Å². The molecule has 0 radical (unpaired) electrons. The van der Waals surface area contributed by atoms with E-state index < -0.39 is 0 Å². The molecule has 1 unspecified atom stereocenters. The zero-order valence-corrected chi connectivity index (χ0v) is 12.7. The molecule has 0 aliphatic heterocycles. The van der Waals surface area contributed by atoms with Crippen molar-refractivity contribution >= 4 is 38.9 Å². The van der Waals surface area contributed by atoms with Crippen LogP contribution in [0.3, 0.4) is 0 Å². The van der Waals surface area contributed by atoms with Crippen LogP contribution in [-0.4, -0.2) is 7.11 Å². The number of halogens is 2. The molecule has 0 aliphatic carbocycles. The summed E-state index contributed by atoms with van der Waals surface area (Å²) in [4.78, 5) is 1.14. The fraction of sp³-hybridized carbons (Fsp3) is 0.231. The van der Waals surface area contributed by atoms with E-state index in [4.69, 9.17) is 16.3 Å². The van der Waals surface area contributed by atoms with Gasteiger partial charge in [0.1, 0.15) is 5.75 Å². The molecule has 0 spiro atoms. The van der Waals surface area contributed by atoms with Crippen molar-refractivity contribution in [3.05, 3.63) is 50.1 Å². The first-order chi connectivity index (χ1) is 8.13. The maximum Gasteiger partial charge on any atom is 0.119 e. The summed E-state index contributed by atoms with van der Waals surface area (Å²) < 4.78 is 6.26. The molecule has 4 heteroatoms. The molecule has 2 rings (SSSR count). The number of methoxy groups -OCH3 is 1. The summed E-state index contributed by atoms with van der Waals surface area (Å²) in [5.74, 6) is 0.861. The van der Waals surface area contributed by atoms with Crippen molar-refractivity contribution in [2.75, 3.05) is 7.11 Å². The Kier molecular flexibility index (Phi) is 4.13. The van der Waals surface area contributed by atoms with Gasteiger partial charge in [0, 0.05) is 9.35 Å². The quantitative estimate of drug-likeness (QED) is 0.706. The summed E-state index contributed by atoms with van der Waals surface area (Å²) in [6.45, 7) is 2.05. The Morgan fingerprint density at radius 1 is 1.35 bits per heavy atom. The van der Waals surface area contributed by atoms with Crippen LogP contribution in [0.5, 0.6) is 5.75 Å². The van der Waals surface area contributed by atoms with Crippen LogP contribution in [0.4, 0.5) is 0 Å². The fourth-order valence-corrected chi connectivity index (χ4v) is 3.93. The second kappa shape index (κ2) is 5.42. The molecule has 1 nitrogen and oxygen atoms in total. The SMILES string of the molecule is COc1ccc(C(Cl)c2sccc2Br)c(C)c1. The van der Waals surface area contributed by atoms with E-state index in [-0.39, 0.29) is 5.38 Å². The van der Waals surface area contributed by atoms with Gasteiger partial charge >= 0.3 is 0 Å². The normalized spacial score (nSPS) is 12.5. The highest BCUT2D eigenvalue weighted by atomic mass is 79.9. The third-order valence-electron chi connectivity index (χ3n) is 2.62. The third kappa shape index (κ3) is 2.67. The van der Waals surface area contributed by atoms with E-state index in [1.165, 1.54) is 0 Å². The molecule has 2 aromatic rings. The zero-order valence-electron chi connectivity index (χ0n) is 9.54. The van der Waals surface area contributed by atoms with E-state index in [1.54, 1.807) is 18.4 Å². The Hall–Kier alpha value is -0.510. The van der Waals surface area contributed by atoms with Gasteiger partial charge in [0.25, 0.3) is 0 Å². The minimum Gasteiger partial charge on any atom is -0.497 e. The van der Waals surface area contributed by atoms with Crippen LogP contribution in [0, 0.1) is 6.92 Å². The lowest BCUT2D eigenvalue weighted by Gasteiger charge is -2.13. The lowest BCUT2D eigenvalue weighted by Crippen LogP contribution is -1.95. The number of thiophene rings is 1. The zero-order chi connectivity index (χ0) is 12.4. The summed E-state index contributed by atoms with van der Waals surface area (Å²) in [5.41, 5.74) is 2.26. The van der Waals surface area contributed by atoms with Crippen molar-refractivity contribution in [3.63, 3.8) is 0 Å². The number of hydrogen-bond donors (Lipinski definition) is 0. The average molecular weight is 332 g/mol. The van der Waals surface area contributed by atoms with Crippen LogP contribution in [0.2, 0.25) is 0 Å². The van der Waals surface area contributed by atoms with Gasteiger partial charge in [-0.3, -0.25) is 0 Å². The largest absolute Gasteiger partial charge is 0.497 e. The highest BCUT2D eigenvalue weighted by Gasteiger charge is 2.17. The summed E-state index contributed by atoms with van der Waals surface area (Å²) in [5, 5.41) is 1.92. The van der Waals surface area contributed by atoms with Crippen molar-refractivity contribution in [1.82, 2.24) is 0 Å². The number of rotatable bonds is 3. The smallest absolute Gasteiger partial charge is 0.119 e. The van der Waals surface area contributed by atoms with Crippen molar-refractivity contribution < 1.29 is 4.74 Å². The number of ether oxygens (including phenoxy) is 1. The molecule has 1 heterocycles. The fourth-order valence-electron chi connectivity index (χ4n) is 1.69. The molecular formula is C13H12BrClOS. The van der Waals surface area contributed by atoms with Gasteiger partial charge in [-0.2, -0.15) is 0 Å². The Balaban J connectivity index is 2.38. The summed E-state index contributed by atoms with van der Waals surface area (Å²) in [6.07, 6.45) is 0. The third-order valence-corrected chi connectivity index (χ3v) is 5.14. The van der Waals surface area contributed by atoms with Crippen LogP contribution < -0.4 is 4.74 Å². The van der Waals surface area contributed by atoms with Gasteiger partial charge in [-0.25, -0.2) is 0 Å². The highest BCUT2D eigenvalue weighted by molar-refractivity contribution is 9.10. The molecular weight excluding hydrogens is 320 g/mol. The minimum atomic E-state index is -0.115. The molecule has 0 aliphatic rings. The van der Waals surface area contributed by atoms with E-state index in [1.807, 2.05) is 29.6 Å². The van der Waals surface area contributed by atoms with E-state index in [9.17, 15) is 0 Å². The summed E-state index contributed by atoms with van der Waals surface area (Å²) in [7, 11) is 1.67. The van der Waals surface area contributed by atoms with Gasteiger partial charge in [-0.05, 0) is 57.6 Å². The molecule has 0 fully saturated rings. The molecule has 1 aromatic heterocycles. The monoisotopic (exact) mass is 330 g/mol. The van der Waals surface area contributed by atoms with Gasteiger partial charge in [0.2, 0.25) is 0 Å². The van der Waals surface area contributed by atoms with E-state index in [0.29, 0.717) is 0 Å². The summed E-state index contributed by atoms with van der Waals surface area (Å²) in [6, 6.07) is 8.00. The molecule has 90 valence electrons. The molecule has 0 saturated heterocycles. The van der Waals surface area contributed by atoms with Crippen LogP contribution >= 0.6 is 38.9 Å². The highest BCUT2D eigenvalue weighted by Crippen LogP contribution is 2.39. The standard InChI is InChI=1S/C13H12BrClOS/c1-8-7-9(16-2)3-4-10(8)12(15)13-11(14)5-6-17-13/h3-7,12H,1-2H3. The lowest BCUT2D eigenvalue weighted by atomic mass is 10.0. The van der Waals surface area contributed by atoms with Gasteiger partial charge in [-0.15, -0.1) is 22.9 Å². The number of benzene rings is 1. The van der Waals surface area contributed by atoms with E-state index >= 15 is 0 Å². The van der Waals surface area contributed by atoms with Crippen molar-refractivity contribution in [3.8, 4) is 5.75 Å². The van der Waals surface area contributed by atoms with Gasteiger partial charge in [0.15, 0.2) is 0 Å². The van der Waals surface area contributed by atoms with E-state index in [0.717, 1.165) is 26.2 Å². The minimum absolute atomic E-state index is 0.115.